The van der Waals surface area contributed by atoms with Gasteiger partial charge in [0.2, 0.25) is 5.89 Å². The van der Waals surface area contributed by atoms with Gasteiger partial charge < -0.3 is 8.98 Å². The van der Waals surface area contributed by atoms with Crippen LogP contribution in [-0.4, -0.2) is 32.8 Å². The number of benzene rings is 1. The molecule has 0 saturated carbocycles. The molecule has 0 bridgehead atoms. The van der Waals surface area contributed by atoms with Crippen LogP contribution >= 0.6 is 0 Å². The molecule has 2 atom stereocenters. The number of fused-ring (bicyclic) bond motifs is 3. The lowest BCUT2D eigenvalue weighted by molar-refractivity contribution is 0.0269. The van der Waals surface area contributed by atoms with Crippen LogP contribution in [0.2, 0.25) is 0 Å². The molecule has 3 aromatic rings. The summed E-state index contributed by atoms with van der Waals surface area (Å²) < 4.78 is 8.35. The topological polar surface area (TPSA) is 47.1 Å². The van der Waals surface area contributed by atoms with Crippen molar-refractivity contribution >= 4 is 16.6 Å². The molecule has 0 spiro atoms. The molecule has 5 nitrogen and oxygen atoms in total. The fourth-order valence-electron chi connectivity index (χ4n) is 5.84. The molecule has 0 radical (unpaired) electrons. The van der Waals surface area contributed by atoms with Crippen molar-refractivity contribution in [3.8, 4) is 0 Å². The maximum atomic E-state index is 5.93. The Bertz CT molecular complexity index is 1090. The van der Waals surface area contributed by atoms with E-state index in [2.05, 4.69) is 56.9 Å². The first kappa shape index (κ1) is 15.6. The fraction of sp³-hybridized carbons (Fsp3) is 0.455. The molecule has 0 unspecified atom stereocenters. The van der Waals surface area contributed by atoms with Crippen LogP contribution in [0.5, 0.6) is 0 Å². The lowest BCUT2D eigenvalue weighted by Crippen LogP contribution is -2.50. The van der Waals surface area contributed by atoms with Crippen LogP contribution in [0.25, 0.3) is 16.6 Å². The highest BCUT2D eigenvalue weighted by atomic mass is 16.4. The first-order valence-electron chi connectivity index (χ1n) is 10.1. The average Bonchev–Trinajstić information content (AvgIpc) is 3.28. The molecule has 0 amide bonds. The van der Waals surface area contributed by atoms with E-state index in [-0.39, 0.29) is 5.41 Å². The average molecular weight is 360 g/mol. The lowest BCUT2D eigenvalue weighted by Gasteiger charge is -2.53. The van der Waals surface area contributed by atoms with Gasteiger partial charge in [0.25, 0.3) is 5.89 Å². The normalized spacial score (nSPS) is 26.9. The van der Waals surface area contributed by atoms with Gasteiger partial charge in [-0.3, -0.25) is 4.90 Å². The number of hydrogen-bond acceptors (Lipinski definition) is 4. The second kappa shape index (κ2) is 5.32. The third-order valence-electron chi connectivity index (χ3n) is 6.99. The van der Waals surface area contributed by atoms with Crippen molar-refractivity contribution in [1.82, 2.24) is 19.7 Å². The second-order valence-electron chi connectivity index (χ2n) is 8.25. The molecule has 138 valence electrons. The molecule has 0 aliphatic carbocycles. The maximum absolute atomic E-state index is 5.93. The zero-order chi connectivity index (χ0) is 18.2. The largest absolute Gasteiger partial charge is 0.420 e. The van der Waals surface area contributed by atoms with Gasteiger partial charge in [-0.1, -0.05) is 25.1 Å². The zero-order valence-electron chi connectivity index (χ0n) is 15.9. The van der Waals surface area contributed by atoms with E-state index >= 15 is 0 Å². The number of aromatic nitrogens is 3. The van der Waals surface area contributed by atoms with E-state index in [0.717, 1.165) is 25.1 Å². The van der Waals surface area contributed by atoms with Gasteiger partial charge in [-0.2, -0.15) is 0 Å². The van der Waals surface area contributed by atoms with Crippen molar-refractivity contribution in [3.05, 3.63) is 53.4 Å². The van der Waals surface area contributed by atoms with Gasteiger partial charge in [-0.25, -0.2) is 0 Å². The summed E-state index contributed by atoms with van der Waals surface area (Å²) in [6.07, 6.45) is 7.20. The standard InChI is InChI=1S/C22H24N4O/c1-3-22-10-6-11-25-12-9-16-15-7-4-5-8-17(15)26(19(16)20(22)25)18(13-22)21-24-23-14(2)27-21/h4-5,7-8,13,20H,3,6,9-12H2,1-2H3/t20-,22+/m1/s1. The predicted octanol–water partition coefficient (Wildman–Crippen LogP) is 4.32. The molecule has 3 aliphatic rings. The Morgan fingerprint density at radius 3 is 2.93 bits per heavy atom. The second-order valence-corrected chi connectivity index (χ2v) is 8.25. The molecule has 2 aromatic heterocycles. The van der Waals surface area contributed by atoms with Crippen LogP contribution in [0, 0.1) is 12.3 Å². The van der Waals surface area contributed by atoms with Crippen molar-refractivity contribution in [2.75, 3.05) is 13.1 Å². The van der Waals surface area contributed by atoms with E-state index in [1.165, 1.54) is 41.5 Å². The molecule has 0 N–H and O–H groups in total. The summed E-state index contributed by atoms with van der Waals surface area (Å²) in [6, 6.07) is 9.26. The van der Waals surface area contributed by atoms with E-state index in [4.69, 9.17) is 4.42 Å². The number of piperidine rings is 1. The van der Waals surface area contributed by atoms with E-state index < -0.39 is 0 Å². The first-order valence-corrected chi connectivity index (χ1v) is 10.1. The van der Waals surface area contributed by atoms with E-state index in [1.807, 2.05) is 6.92 Å². The van der Waals surface area contributed by atoms with Gasteiger partial charge >= 0.3 is 0 Å². The smallest absolute Gasteiger partial charge is 0.264 e. The number of aryl methyl sites for hydroxylation is 1. The monoisotopic (exact) mass is 360 g/mol. The lowest BCUT2D eigenvalue weighted by atomic mass is 9.66. The van der Waals surface area contributed by atoms with Crippen LogP contribution in [0.15, 0.2) is 34.8 Å². The molecule has 6 rings (SSSR count). The highest BCUT2D eigenvalue weighted by molar-refractivity contribution is 5.91. The van der Waals surface area contributed by atoms with Crippen molar-refractivity contribution < 1.29 is 4.42 Å². The Morgan fingerprint density at radius 2 is 2.11 bits per heavy atom. The number of nitrogens with zero attached hydrogens (tertiary/aromatic N) is 4. The minimum absolute atomic E-state index is 0.148. The summed E-state index contributed by atoms with van der Waals surface area (Å²) in [4.78, 5) is 2.72. The molecule has 5 heteroatoms. The summed E-state index contributed by atoms with van der Waals surface area (Å²) in [7, 11) is 0. The minimum atomic E-state index is 0.148. The van der Waals surface area contributed by atoms with Crippen LogP contribution < -0.4 is 0 Å². The summed E-state index contributed by atoms with van der Waals surface area (Å²) in [6.45, 7) is 6.57. The van der Waals surface area contributed by atoms with E-state index in [0.29, 0.717) is 17.8 Å². The summed E-state index contributed by atoms with van der Waals surface area (Å²) in [5, 5.41) is 9.91. The third-order valence-corrected chi connectivity index (χ3v) is 6.99. The first-order chi connectivity index (χ1) is 13.2. The van der Waals surface area contributed by atoms with Crippen molar-refractivity contribution in [3.63, 3.8) is 0 Å². The van der Waals surface area contributed by atoms with Crippen molar-refractivity contribution in [2.24, 2.45) is 5.41 Å². The summed E-state index contributed by atoms with van der Waals surface area (Å²) in [5.74, 6) is 1.26. The quantitative estimate of drug-likeness (QED) is 0.683. The van der Waals surface area contributed by atoms with Gasteiger partial charge in [0.1, 0.15) is 5.70 Å². The molecule has 1 aromatic carbocycles. The Hall–Kier alpha value is -2.40. The van der Waals surface area contributed by atoms with Gasteiger partial charge in [0.15, 0.2) is 0 Å². The predicted molar refractivity (Wildman–Crippen MR) is 104 cm³/mol. The Labute approximate surface area is 158 Å². The van der Waals surface area contributed by atoms with Crippen LogP contribution in [0.4, 0.5) is 0 Å². The maximum Gasteiger partial charge on any atom is 0.264 e. The van der Waals surface area contributed by atoms with Gasteiger partial charge in [0, 0.05) is 30.0 Å². The molecule has 1 saturated heterocycles. The third kappa shape index (κ3) is 1.93. The Balaban J connectivity index is 1.73. The van der Waals surface area contributed by atoms with Gasteiger partial charge in [-0.05, 0) is 49.9 Å². The SMILES string of the molecule is CC[C@@]12C=C(c3nnc(C)o3)n3c4c(c5ccccc53)CCN(CCC1)[C@H]42. The van der Waals surface area contributed by atoms with Gasteiger partial charge in [0.05, 0.1) is 11.6 Å². The zero-order valence-corrected chi connectivity index (χ0v) is 15.9. The number of para-hydroxylation sites is 1. The van der Waals surface area contributed by atoms with Crippen LogP contribution in [0.3, 0.4) is 0 Å². The van der Waals surface area contributed by atoms with E-state index in [1.54, 1.807) is 0 Å². The molecule has 1 fully saturated rings. The summed E-state index contributed by atoms with van der Waals surface area (Å²) >= 11 is 0. The molecular weight excluding hydrogens is 336 g/mol. The van der Waals surface area contributed by atoms with Crippen molar-refractivity contribution in [2.45, 2.75) is 45.6 Å². The molecular formula is C22H24N4O. The fourth-order valence-corrected chi connectivity index (χ4v) is 5.84. The molecule has 3 aliphatic heterocycles. The van der Waals surface area contributed by atoms with Crippen molar-refractivity contribution in [1.29, 1.82) is 0 Å². The highest BCUT2D eigenvalue weighted by Crippen LogP contribution is 2.57. The Kier molecular flexibility index (Phi) is 3.08. The molecule has 27 heavy (non-hydrogen) atoms. The number of hydrogen-bond donors (Lipinski definition) is 0. The highest BCUT2D eigenvalue weighted by Gasteiger charge is 2.50. The van der Waals surface area contributed by atoms with Crippen LogP contribution in [-0.2, 0) is 6.42 Å². The minimum Gasteiger partial charge on any atom is -0.420 e. The molecule has 5 heterocycles. The van der Waals surface area contributed by atoms with E-state index in [9.17, 15) is 0 Å². The Morgan fingerprint density at radius 1 is 1.22 bits per heavy atom. The van der Waals surface area contributed by atoms with Gasteiger partial charge in [-0.15, -0.1) is 10.2 Å². The number of rotatable bonds is 2. The summed E-state index contributed by atoms with van der Waals surface area (Å²) in [5.41, 5.74) is 5.48. The van der Waals surface area contributed by atoms with Crippen LogP contribution in [0.1, 0.15) is 55.3 Å².